The molecule has 2 saturated heterocycles. The molecule has 2 fully saturated rings. The van der Waals surface area contributed by atoms with Crippen molar-refractivity contribution in [2.75, 3.05) is 49.1 Å². The highest BCUT2D eigenvalue weighted by Gasteiger charge is 2.33. The quantitative estimate of drug-likeness (QED) is 0.524. The third-order valence-electron chi connectivity index (χ3n) is 6.95. The predicted molar refractivity (Wildman–Crippen MR) is 133 cm³/mol. The third kappa shape index (κ3) is 5.29. The number of benzene rings is 2. The Hall–Kier alpha value is -3.62. The van der Waals surface area contributed by atoms with Gasteiger partial charge in [0.2, 0.25) is 5.91 Å². The minimum Gasteiger partial charge on any atom is -0.368 e. The molecule has 188 valence electrons. The molecule has 5 rings (SSSR count). The number of hydrogen-bond acceptors (Lipinski definition) is 5. The summed E-state index contributed by atoms with van der Waals surface area (Å²) in [5, 5.41) is 0. The first-order valence-electron chi connectivity index (χ1n) is 12.2. The van der Waals surface area contributed by atoms with Crippen molar-refractivity contribution in [3.8, 4) is 11.3 Å². The Balaban J connectivity index is 1.21. The van der Waals surface area contributed by atoms with E-state index in [9.17, 15) is 18.0 Å². The van der Waals surface area contributed by atoms with Crippen LogP contribution in [0.2, 0.25) is 0 Å². The van der Waals surface area contributed by atoms with Gasteiger partial charge in [-0.3, -0.25) is 4.79 Å². The molecule has 3 aromatic rings. The van der Waals surface area contributed by atoms with Crippen LogP contribution in [-0.4, -0.2) is 60.0 Å². The second kappa shape index (κ2) is 10.2. The molecule has 1 aromatic heterocycles. The van der Waals surface area contributed by atoms with Crippen LogP contribution in [0.25, 0.3) is 11.3 Å². The van der Waals surface area contributed by atoms with Crippen molar-refractivity contribution in [1.29, 1.82) is 0 Å². The lowest BCUT2D eigenvalue weighted by Gasteiger charge is -2.40. The van der Waals surface area contributed by atoms with Crippen molar-refractivity contribution in [3.63, 3.8) is 0 Å². The van der Waals surface area contributed by atoms with Gasteiger partial charge in [-0.25, -0.2) is 9.97 Å². The molecular weight excluding hydrogens is 467 g/mol. The number of rotatable bonds is 4. The van der Waals surface area contributed by atoms with Gasteiger partial charge in [0.05, 0.1) is 17.2 Å². The van der Waals surface area contributed by atoms with Crippen LogP contribution < -0.4 is 9.80 Å². The van der Waals surface area contributed by atoms with Crippen LogP contribution in [0.5, 0.6) is 0 Å². The molecule has 6 nitrogen and oxygen atoms in total. The molecule has 0 radical (unpaired) electrons. The number of carbonyl (C=O) groups is 1. The van der Waals surface area contributed by atoms with Gasteiger partial charge in [-0.2, -0.15) is 13.2 Å². The van der Waals surface area contributed by atoms with Gasteiger partial charge in [0, 0.05) is 56.6 Å². The first-order chi connectivity index (χ1) is 17.4. The summed E-state index contributed by atoms with van der Waals surface area (Å²) < 4.78 is 39.3. The van der Waals surface area contributed by atoms with E-state index in [4.69, 9.17) is 0 Å². The highest BCUT2D eigenvalue weighted by atomic mass is 19.4. The lowest BCUT2D eigenvalue weighted by molar-refractivity contribution is -0.137. The van der Waals surface area contributed by atoms with Crippen LogP contribution in [0.1, 0.15) is 18.4 Å². The zero-order valence-electron chi connectivity index (χ0n) is 19.9. The Bertz CT molecular complexity index is 1200. The number of piperidine rings is 1. The first kappa shape index (κ1) is 24.1. The van der Waals surface area contributed by atoms with Gasteiger partial charge in [-0.15, -0.1) is 0 Å². The highest BCUT2D eigenvalue weighted by Crippen LogP contribution is 2.32. The Labute approximate surface area is 208 Å². The molecule has 36 heavy (non-hydrogen) atoms. The maximum atomic E-state index is 13.3. The summed E-state index contributed by atoms with van der Waals surface area (Å²) >= 11 is 0. The largest absolute Gasteiger partial charge is 0.416 e. The lowest BCUT2D eigenvalue weighted by atomic mass is 9.96. The minimum atomic E-state index is -4.37. The fraction of sp³-hybridized carbons (Fsp3) is 0.370. The van der Waals surface area contributed by atoms with Crippen LogP contribution in [0.3, 0.4) is 0 Å². The Kier molecular flexibility index (Phi) is 6.80. The topological polar surface area (TPSA) is 52.6 Å². The average molecular weight is 496 g/mol. The number of hydrogen-bond donors (Lipinski definition) is 0. The van der Waals surface area contributed by atoms with E-state index in [1.54, 1.807) is 12.4 Å². The van der Waals surface area contributed by atoms with Crippen LogP contribution in [-0.2, 0) is 11.0 Å². The van der Waals surface area contributed by atoms with E-state index < -0.39 is 11.7 Å². The van der Waals surface area contributed by atoms with Gasteiger partial charge in [-0.1, -0.05) is 36.4 Å². The van der Waals surface area contributed by atoms with Gasteiger partial charge >= 0.3 is 6.18 Å². The van der Waals surface area contributed by atoms with Crippen LogP contribution >= 0.6 is 0 Å². The molecule has 3 heterocycles. The number of amides is 1. The number of piperazine rings is 1. The minimum absolute atomic E-state index is 0.112. The summed E-state index contributed by atoms with van der Waals surface area (Å²) in [6, 6.07) is 17.3. The number of carbonyl (C=O) groups excluding carboxylic acids is 1. The van der Waals surface area contributed by atoms with Crippen molar-refractivity contribution in [3.05, 3.63) is 72.6 Å². The smallest absolute Gasteiger partial charge is 0.368 e. The number of alkyl halides is 3. The first-order valence-corrected chi connectivity index (χ1v) is 12.2. The van der Waals surface area contributed by atoms with Crippen molar-refractivity contribution < 1.29 is 18.0 Å². The van der Waals surface area contributed by atoms with Crippen LogP contribution in [0.15, 0.2) is 67.0 Å². The van der Waals surface area contributed by atoms with Gasteiger partial charge in [0.25, 0.3) is 0 Å². The molecule has 0 bridgehead atoms. The Morgan fingerprint density at radius 2 is 1.64 bits per heavy atom. The molecule has 1 atom stereocenters. The summed E-state index contributed by atoms with van der Waals surface area (Å²) in [6.45, 7) is 3.44. The van der Waals surface area contributed by atoms with E-state index in [1.165, 1.54) is 12.1 Å². The molecule has 0 saturated carbocycles. The normalized spacial score (nSPS) is 18.9. The van der Waals surface area contributed by atoms with Gasteiger partial charge in [0.15, 0.2) is 0 Å². The standard InChI is InChI=1S/C27H28F3N5O/c28-27(29,30)22-9-4-10-23(16-22)33-12-14-34(15-13-33)26(36)21-8-5-11-35(18-21)25-17-24(31-19-32-25)20-6-2-1-3-7-20/h1-4,6-7,9-10,16-17,19,21H,5,8,11-15,18H2. The number of anilines is 2. The second-order valence-electron chi connectivity index (χ2n) is 9.27. The van der Waals surface area contributed by atoms with Crippen LogP contribution in [0.4, 0.5) is 24.7 Å². The second-order valence-corrected chi connectivity index (χ2v) is 9.27. The number of nitrogens with zero attached hydrogens (tertiary/aromatic N) is 5. The summed E-state index contributed by atoms with van der Waals surface area (Å²) in [5.41, 5.74) is 1.75. The molecule has 9 heteroatoms. The molecule has 1 amide bonds. The number of aromatic nitrogens is 2. The van der Waals surface area contributed by atoms with Crippen molar-refractivity contribution >= 4 is 17.4 Å². The van der Waals surface area contributed by atoms with Crippen molar-refractivity contribution in [2.45, 2.75) is 19.0 Å². The predicted octanol–water partition coefficient (Wildman–Crippen LogP) is 4.73. The summed E-state index contributed by atoms with van der Waals surface area (Å²) in [5.74, 6) is 0.797. The summed E-state index contributed by atoms with van der Waals surface area (Å²) in [7, 11) is 0. The maximum Gasteiger partial charge on any atom is 0.416 e. The van der Waals surface area contributed by atoms with E-state index >= 15 is 0 Å². The zero-order valence-corrected chi connectivity index (χ0v) is 19.9. The Morgan fingerprint density at radius 3 is 2.39 bits per heavy atom. The van der Waals surface area contributed by atoms with Crippen molar-refractivity contribution in [1.82, 2.24) is 14.9 Å². The SMILES string of the molecule is O=C(C1CCCN(c2cc(-c3ccccc3)ncn2)C1)N1CCN(c2cccc(C(F)(F)F)c2)CC1. The van der Waals surface area contributed by atoms with E-state index in [1.807, 2.05) is 46.2 Å². The van der Waals surface area contributed by atoms with E-state index in [-0.39, 0.29) is 11.8 Å². The monoisotopic (exact) mass is 495 g/mol. The lowest BCUT2D eigenvalue weighted by Crippen LogP contribution is -2.52. The maximum absolute atomic E-state index is 13.3. The molecule has 0 aliphatic carbocycles. The summed E-state index contributed by atoms with van der Waals surface area (Å²) in [6.07, 6.45) is -1.09. The molecule has 1 unspecified atom stereocenters. The van der Waals surface area contributed by atoms with E-state index in [2.05, 4.69) is 14.9 Å². The third-order valence-corrected chi connectivity index (χ3v) is 6.95. The van der Waals surface area contributed by atoms with Gasteiger partial charge in [-0.05, 0) is 31.0 Å². The molecule has 0 N–H and O–H groups in total. The van der Waals surface area contributed by atoms with Gasteiger partial charge in [0.1, 0.15) is 12.1 Å². The average Bonchev–Trinajstić information content (AvgIpc) is 2.93. The molecular formula is C27H28F3N5O. The summed E-state index contributed by atoms with van der Waals surface area (Å²) in [4.78, 5) is 28.1. The molecule has 2 aliphatic rings. The van der Waals surface area contributed by atoms with E-state index in [0.29, 0.717) is 38.4 Å². The molecule has 2 aliphatic heterocycles. The van der Waals surface area contributed by atoms with Crippen LogP contribution in [0, 0.1) is 5.92 Å². The fourth-order valence-corrected chi connectivity index (χ4v) is 5.00. The number of halogens is 3. The fourth-order valence-electron chi connectivity index (χ4n) is 5.00. The van der Waals surface area contributed by atoms with Gasteiger partial charge < -0.3 is 14.7 Å². The molecule has 0 spiro atoms. The highest BCUT2D eigenvalue weighted by molar-refractivity contribution is 5.80. The van der Waals surface area contributed by atoms with Crippen molar-refractivity contribution in [2.24, 2.45) is 5.92 Å². The molecule has 2 aromatic carbocycles. The zero-order chi connectivity index (χ0) is 25.1. The van der Waals surface area contributed by atoms with E-state index in [0.717, 1.165) is 42.5 Å². The Morgan fingerprint density at radius 1 is 0.861 bits per heavy atom.